The number of hydrogen-bond donors (Lipinski definition) is 2. The first-order chi connectivity index (χ1) is 8.72. The van der Waals surface area contributed by atoms with Crippen LogP contribution in [0.25, 0.3) is 0 Å². The van der Waals surface area contributed by atoms with Gasteiger partial charge in [-0.05, 0) is 45.0 Å². The summed E-state index contributed by atoms with van der Waals surface area (Å²) >= 11 is 0. The highest BCUT2D eigenvalue weighted by Crippen LogP contribution is 2.32. The van der Waals surface area contributed by atoms with Crippen LogP contribution in [0.15, 0.2) is 12.1 Å². The van der Waals surface area contributed by atoms with Crippen molar-refractivity contribution >= 4 is 5.69 Å². The Morgan fingerprint density at radius 2 is 1.67 bits per heavy atom. The minimum Gasteiger partial charge on any atom is -0.496 e. The molecule has 1 rings (SSSR count). The molecular weight excluding hydrogens is 228 g/mol. The van der Waals surface area contributed by atoms with Crippen LogP contribution in [0, 0.1) is 6.92 Å². The van der Waals surface area contributed by atoms with Crippen molar-refractivity contribution in [3.63, 3.8) is 0 Å². The van der Waals surface area contributed by atoms with Gasteiger partial charge in [0.2, 0.25) is 0 Å². The summed E-state index contributed by atoms with van der Waals surface area (Å²) in [5.41, 5.74) is 2.07. The molecule has 0 unspecified atom stereocenters. The van der Waals surface area contributed by atoms with Crippen molar-refractivity contribution in [3.05, 3.63) is 17.7 Å². The molecule has 0 spiro atoms. The Labute approximate surface area is 110 Å². The van der Waals surface area contributed by atoms with E-state index >= 15 is 0 Å². The number of anilines is 1. The minimum atomic E-state index is 0.863. The minimum absolute atomic E-state index is 0.863. The fourth-order valence-electron chi connectivity index (χ4n) is 1.84. The molecular formula is C14H24N2O2. The number of aryl methyl sites for hydroxylation is 1. The van der Waals surface area contributed by atoms with Gasteiger partial charge in [-0.2, -0.15) is 0 Å². The first kappa shape index (κ1) is 14.6. The molecule has 0 saturated heterocycles. The van der Waals surface area contributed by atoms with Crippen molar-refractivity contribution in [2.24, 2.45) is 0 Å². The second-order valence-corrected chi connectivity index (χ2v) is 4.26. The van der Waals surface area contributed by atoms with E-state index in [2.05, 4.69) is 10.6 Å². The van der Waals surface area contributed by atoms with Crippen LogP contribution in [-0.2, 0) is 0 Å². The second-order valence-electron chi connectivity index (χ2n) is 4.26. The standard InChI is InChI=1S/C14H24N2O2/c1-11-9-14(18-4)12(10-13(11)17-3)16-8-6-5-7-15-2/h9-10,15-16H,5-8H2,1-4H3. The van der Waals surface area contributed by atoms with E-state index in [0.717, 1.165) is 48.7 Å². The third-order valence-electron chi connectivity index (χ3n) is 2.89. The van der Waals surface area contributed by atoms with Crippen LogP contribution in [0.3, 0.4) is 0 Å². The van der Waals surface area contributed by atoms with Gasteiger partial charge < -0.3 is 20.1 Å². The third-order valence-corrected chi connectivity index (χ3v) is 2.89. The van der Waals surface area contributed by atoms with Gasteiger partial charge in [0.1, 0.15) is 11.5 Å². The molecule has 0 aliphatic rings. The molecule has 0 aliphatic carbocycles. The van der Waals surface area contributed by atoms with Gasteiger partial charge in [0, 0.05) is 12.6 Å². The SMILES string of the molecule is CNCCCCNc1cc(OC)c(C)cc1OC. The highest BCUT2D eigenvalue weighted by Gasteiger charge is 2.07. The molecule has 0 aliphatic heterocycles. The summed E-state index contributed by atoms with van der Waals surface area (Å²) in [6.07, 6.45) is 2.29. The number of rotatable bonds is 8. The monoisotopic (exact) mass is 252 g/mol. The lowest BCUT2D eigenvalue weighted by molar-refractivity contribution is 0.402. The topological polar surface area (TPSA) is 42.5 Å². The zero-order valence-corrected chi connectivity index (χ0v) is 11.8. The first-order valence-corrected chi connectivity index (χ1v) is 6.34. The van der Waals surface area contributed by atoms with Gasteiger partial charge in [-0.3, -0.25) is 0 Å². The van der Waals surface area contributed by atoms with E-state index in [1.807, 2.05) is 26.1 Å². The molecule has 18 heavy (non-hydrogen) atoms. The molecule has 0 heterocycles. The number of benzene rings is 1. The lowest BCUT2D eigenvalue weighted by Crippen LogP contribution is -2.10. The van der Waals surface area contributed by atoms with E-state index in [4.69, 9.17) is 9.47 Å². The molecule has 4 heteroatoms. The molecule has 0 atom stereocenters. The number of ether oxygens (including phenoxy) is 2. The lowest BCUT2D eigenvalue weighted by Gasteiger charge is -2.14. The zero-order chi connectivity index (χ0) is 13.4. The molecule has 1 aromatic rings. The molecule has 0 bridgehead atoms. The van der Waals surface area contributed by atoms with E-state index in [1.165, 1.54) is 0 Å². The highest BCUT2D eigenvalue weighted by molar-refractivity contribution is 5.62. The maximum absolute atomic E-state index is 5.37. The molecule has 102 valence electrons. The van der Waals surface area contributed by atoms with Gasteiger partial charge in [0.25, 0.3) is 0 Å². The molecule has 0 fully saturated rings. The van der Waals surface area contributed by atoms with Crippen LogP contribution in [0.5, 0.6) is 11.5 Å². The van der Waals surface area contributed by atoms with Crippen LogP contribution in [0.1, 0.15) is 18.4 Å². The summed E-state index contributed by atoms with van der Waals surface area (Å²) in [4.78, 5) is 0. The molecule has 0 saturated carbocycles. The number of nitrogens with one attached hydrogen (secondary N) is 2. The van der Waals surface area contributed by atoms with E-state index in [-0.39, 0.29) is 0 Å². The molecule has 0 aromatic heterocycles. The predicted molar refractivity (Wildman–Crippen MR) is 75.9 cm³/mol. The van der Waals surface area contributed by atoms with E-state index in [1.54, 1.807) is 14.2 Å². The molecule has 0 amide bonds. The van der Waals surface area contributed by atoms with Crippen LogP contribution in [-0.4, -0.2) is 34.4 Å². The van der Waals surface area contributed by atoms with Crippen molar-refractivity contribution in [1.29, 1.82) is 0 Å². The van der Waals surface area contributed by atoms with Gasteiger partial charge >= 0.3 is 0 Å². The summed E-state index contributed by atoms with van der Waals surface area (Å²) in [5.74, 6) is 1.75. The van der Waals surface area contributed by atoms with Crippen LogP contribution in [0.2, 0.25) is 0 Å². The predicted octanol–water partition coefficient (Wildman–Crippen LogP) is 2.42. The van der Waals surface area contributed by atoms with Crippen LogP contribution in [0.4, 0.5) is 5.69 Å². The largest absolute Gasteiger partial charge is 0.496 e. The summed E-state index contributed by atoms with van der Waals surface area (Å²) in [7, 11) is 5.35. The zero-order valence-electron chi connectivity index (χ0n) is 11.8. The van der Waals surface area contributed by atoms with Gasteiger partial charge in [-0.25, -0.2) is 0 Å². The summed E-state index contributed by atoms with van der Waals surface area (Å²) in [5, 5.41) is 6.53. The lowest BCUT2D eigenvalue weighted by atomic mass is 10.1. The Hall–Kier alpha value is -1.42. The van der Waals surface area contributed by atoms with E-state index in [0.29, 0.717) is 0 Å². The van der Waals surface area contributed by atoms with Gasteiger partial charge in [0.05, 0.1) is 19.9 Å². The van der Waals surface area contributed by atoms with Crippen molar-refractivity contribution in [2.45, 2.75) is 19.8 Å². The fourth-order valence-corrected chi connectivity index (χ4v) is 1.84. The fraction of sp³-hybridized carbons (Fsp3) is 0.571. The summed E-state index contributed by atoms with van der Waals surface area (Å²) in [6, 6.07) is 3.99. The van der Waals surface area contributed by atoms with Crippen molar-refractivity contribution < 1.29 is 9.47 Å². The molecule has 2 N–H and O–H groups in total. The van der Waals surface area contributed by atoms with Gasteiger partial charge in [0.15, 0.2) is 0 Å². The quantitative estimate of drug-likeness (QED) is 0.697. The van der Waals surface area contributed by atoms with Gasteiger partial charge in [-0.15, -0.1) is 0 Å². The summed E-state index contributed by atoms with van der Waals surface area (Å²) < 4.78 is 10.7. The van der Waals surface area contributed by atoms with Crippen molar-refractivity contribution in [1.82, 2.24) is 5.32 Å². The number of hydrogen-bond acceptors (Lipinski definition) is 4. The normalized spacial score (nSPS) is 10.2. The maximum Gasteiger partial charge on any atom is 0.142 e. The van der Waals surface area contributed by atoms with Crippen LogP contribution < -0.4 is 20.1 Å². The third kappa shape index (κ3) is 4.11. The molecule has 4 nitrogen and oxygen atoms in total. The number of methoxy groups -OCH3 is 2. The van der Waals surface area contributed by atoms with E-state index in [9.17, 15) is 0 Å². The average Bonchev–Trinajstić information content (AvgIpc) is 2.39. The number of unbranched alkanes of at least 4 members (excludes halogenated alkanes) is 1. The maximum atomic E-state index is 5.37. The Kier molecular flexibility index (Phi) is 6.36. The van der Waals surface area contributed by atoms with Crippen molar-refractivity contribution in [3.8, 4) is 11.5 Å². The van der Waals surface area contributed by atoms with Crippen LogP contribution >= 0.6 is 0 Å². The Morgan fingerprint density at radius 1 is 1.00 bits per heavy atom. The molecule has 0 radical (unpaired) electrons. The Bertz CT molecular complexity index is 367. The average molecular weight is 252 g/mol. The van der Waals surface area contributed by atoms with E-state index < -0.39 is 0 Å². The first-order valence-electron chi connectivity index (χ1n) is 6.34. The molecule has 1 aromatic carbocycles. The smallest absolute Gasteiger partial charge is 0.142 e. The Balaban J connectivity index is 2.62. The highest BCUT2D eigenvalue weighted by atomic mass is 16.5. The second kappa shape index (κ2) is 7.82. The van der Waals surface area contributed by atoms with Crippen molar-refractivity contribution in [2.75, 3.05) is 39.7 Å². The Morgan fingerprint density at radius 3 is 2.28 bits per heavy atom. The summed E-state index contributed by atoms with van der Waals surface area (Å²) in [6.45, 7) is 4.00. The van der Waals surface area contributed by atoms with Gasteiger partial charge in [-0.1, -0.05) is 0 Å².